The Bertz CT molecular complexity index is 433. The molecular weight excluding hydrogens is 228 g/mol. The van der Waals surface area contributed by atoms with Crippen LogP contribution in [0.2, 0.25) is 0 Å². The lowest BCUT2D eigenvalue weighted by molar-refractivity contribution is 0.0529. The molecule has 5 heteroatoms. The molecule has 1 N–H and O–H groups in total. The summed E-state index contributed by atoms with van der Waals surface area (Å²) >= 11 is 0. The molecular formula is C13H20N4O. The van der Waals surface area contributed by atoms with Crippen LogP contribution in [0.1, 0.15) is 31.5 Å². The van der Waals surface area contributed by atoms with Gasteiger partial charge in [0.2, 0.25) is 0 Å². The molecule has 1 aromatic heterocycles. The van der Waals surface area contributed by atoms with Crippen LogP contribution >= 0.6 is 0 Å². The van der Waals surface area contributed by atoms with Gasteiger partial charge in [-0.1, -0.05) is 0 Å². The summed E-state index contributed by atoms with van der Waals surface area (Å²) in [6, 6.07) is 2.03. The van der Waals surface area contributed by atoms with Crippen molar-refractivity contribution in [1.29, 1.82) is 0 Å². The number of morpholine rings is 1. The molecule has 0 radical (unpaired) electrons. The molecule has 1 saturated carbocycles. The summed E-state index contributed by atoms with van der Waals surface area (Å²) in [5.74, 6) is 3.53. The number of nitrogens with zero attached hydrogens (tertiary/aromatic N) is 3. The third-order valence-corrected chi connectivity index (χ3v) is 3.49. The van der Waals surface area contributed by atoms with Crippen molar-refractivity contribution in [1.82, 2.24) is 9.97 Å². The Morgan fingerprint density at radius 3 is 2.89 bits per heavy atom. The maximum atomic E-state index is 5.58. The summed E-state index contributed by atoms with van der Waals surface area (Å²) in [5.41, 5.74) is 0. The molecule has 3 rings (SSSR count). The van der Waals surface area contributed by atoms with Crippen LogP contribution in [0.5, 0.6) is 0 Å². The molecule has 98 valence electrons. The van der Waals surface area contributed by atoms with Crippen molar-refractivity contribution in [2.75, 3.05) is 37.0 Å². The molecule has 1 aromatic rings. The monoisotopic (exact) mass is 248 g/mol. The Morgan fingerprint density at radius 1 is 1.39 bits per heavy atom. The fourth-order valence-electron chi connectivity index (χ4n) is 2.29. The van der Waals surface area contributed by atoms with Crippen molar-refractivity contribution < 1.29 is 4.74 Å². The summed E-state index contributed by atoms with van der Waals surface area (Å²) < 4.78 is 5.58. The average Bonchev–Trinajstić information content (AvgIpc) is 3.22. The molecule has 0 bridgehead atoms. The van der Waals surface area contributed by atoms with Crippen LogP contribution in [-0.2, 0) is 4.74 Å². The van der Waals surface area contributed by atoms with Gasteiger partial charge in [-0.15, -0.1) is 0 Å². The molecule has 1 aliphatic carbocycles. The molecule has 0 aromatic carbocycles. The highest BCUT2D eigenvalue weighted by Crippen LogP contribution is 2.39. The predicted octanol–water partition coefficient (Wildman–Crippen LogP) is 1.62. The molecule has 0 amide bonds. The molecule has 1 atom stereocenters. The van der Waals surface area contributed by atoms with Crippen molar-refractivity contribution in [2.24, 2.45) is 0 Å². The minimum absolute atomic E-state index is 0.274. The van der Waals surface area contributed by atoms with Crippen molar-refractivity contribution >= 4 is 11.6 Å². The zero-order chi connectivity index (χ0) is 12.5. The van der Waals surface area contributed by atoms with E-state index in [1.165, 1.54) is 12.8 Å². The van der Waals surface area contributed by atoms with Crippen LogP contribution < -0.4 is 10.2 Å². The van der Waals surface area contributed by atoms with E-state index in [-0.39, 0.29) is 6.10 Å². The number of aromatic nitrogens is 2. The molecule has 1 aliphatic heterocycles. The van der Waals surface area contributed by atoms with Crippen molar-refractivity contribution in [3.05, 3.63) is 11.9 Å². The molecule has 1 unspecified atom stereocenters. The predicted molar refractivity (Wildman–Crippen MR) is 71.2 cm³/mol. The van der Waals surface area contributed by atoms with Crippen LogP contribution in [0, 0.1) is 0 Å². The normalized spacial score (nSPS) is 24.1. The van der Waals surface area contributed by atoms with Gasteiger partial charge in [0.15, 0.2) is 0 Å². The van der Waals surface area contributed by atoms with Gasteiger partial charge in [0.25, 0.3) is 0 Å². The summed E-state index contributed by atoms with van der Waals surface area (Å²) in [7, 11) is 1.91. The number of hydrogen-bond donors (Lipinski definition) is 1. The van der Waals surface area contributed by atoms with E-state index in [0.29, 0.717) is 5.92 Å². The Kier molecular flexibility index (Phi) is 3.07. The van der Waals surface area contributed by atoms with E-state index in [2.05, 4.69) is 22.1 Å². The second-order valence-corrected chi connectivity index (χ2v) is 5.12. The first-order valence-electron chi connectivity index (χ1n) is 6.69. The summed E-state index contributed by atoms with van der Waals surface area (Å²) in [6.07, 6.45) is 2.73. The molecule has 2 aliphatic rings. The van der Waals surface area contributed by atoms with Gasteiger partial charge in [-0.25, -0.2) is 9.97 Å². The quantitative estimate of drug-likeness (QED) is 0.881. The Morgan fingerprint density at radius 2 is 2.22 bits per heavy atom. The number of ether oxygens (including phenoxy) is 1. The highest BCUT2D eigenvalue weighted by atomic mass is 16.5. The first kappa shape index (κ1) is 11.7. The van der Waals surface area contributed by atoms with Crippen LogP contribution in [0.4, 0.5) is 11.6 Å². The van der Waals surface area contributed by atoms with E-state index in [1.54, 1.807) is 0 Å². The topological polar surface area (TPSA) is 50.3 Å². The van der Waals surface area contributed by atoms with Gasteiger partial charge in [-0.2, -0.15) is 0 Å². The molecule has 1 saturated heterocycles. The number of anilines is 2. The number of hydrogen-bond acceptors (Lipinski definition) is 5. The Hall–Kier alpha value is -1.36. The zero-order valence-corrected chi connectivity index (χ0v) is 11.0. The third-order valence-electron chi connectivity index (χ3n) is 3.49. The summed E-state index contributed by atoms with van der Waals surface area (Å²) in [5, 5.41) is 3.13. The van der Waals surface area contributed by atoms with Gasteiger partial charge in [0.1, 0.15) is 17.5 Å². The van der Waals surface area contributed by atoms with Crippen molar-refractivity contribution in [3.63, 3.8) is 0 Å². The average molecular weight is 248 g/mol. The van der Waals surface area contributed by atoms with E-state index in [4.69, 9.17) is 9.72 Å². The largest absolute Gasteiger partial charge is 0.375 e. The van der Waals surface area contributed by atoms with E-state index in [0.717, 1.165) is 37.2 Å². The molecule has 18 heavy (non-hydrogen) atoms. The first-order valence-corrected chi connectivity index (χ1v) is 6.69. The SMILES string of the molecule is CNc1cc(N2CCOC(C)C2)nc(C2CC2)n1. The standard InChI is InChI=1S/C13H20N4O/c1-9-8-17(5-6-18-9)12-7-11(14-2)15-13(16-12)10-3-4-10/h7,9-10H,3-6,8H2,1-2H3,(H,14,15,16). The van der Waals surface area contributed by atoms with Gasteiger partial charge in [0.05, 0.1) is 12.7 Å². The summed E-state index contributed by atoms with van der Waals surface area (Å²) in [4.78, 5) is 11.6. The Balaban J connectivity index is 1.87. The van der Waals surface area contributed by atoms with Gasteiger partial charge >= 0.3 is 0 Å². The molecule has 2 fully saturated rings. The van der Waals surface area contributed by atoms with Gasteiger partial charge in [-0.3, -0.25) is 0 Å². The smallest absolute Gasteiger partial charge is 0.136 e. The van der Waals surface area contributed by atoms with Crippen LogP contribution in [-0.4, -0.2) is 42.8 Å². The molecule has 0 spiro atoms. The van der Waals surface area contributed by atoms with Crippen LogP contribution in [0.25, 0.3) is 0 Å². The highest BCUT2D eigenvalue weighted by molar-refractivity contribution is 5.50. The minimum atomic E-state index is 0.274. The van der Waals surface area contributed by atoms with Crippen LogP contribution in [0.15, 0.2) is 6.07 Å². The van der Waals surface area contributed by atoms with E-state index < -0.39 is 0 Å². The van der Waals surface area contributed by atoms with Gasteiger partial charge < -0.3 is 15.0 Å². The lowest BCUT2D eigenvalue weighted by atomic mass is 10.3. The van der Waals surface area contributed by atoms with Gasteiger partial charge in [0, 0.05) is 32.1 Å². The van der Waals surface area contributed by atoms with E-state index >= 15 is 0 Å². The third kappa shape index (κ3) is 2.41. The molecule has 2 heterocycles. The Labute approximate surface area is 108 Å². The van der Waals surface area contributed by atoms with Crippen molar-refractivity contribution in [3.8, 4) is 0 Å². The first-order chi connectivity index (χ1) is 8.76. The zero-order valence-electron chi connectivity index (χ0n) is 11.0. The number of nitrogens with one attached hydrogen (secondary N) is 1. The van der Waals surface area contributed by atoms with E-state index in [1.807, 2.05) is 13.1 Å². The van der Waals surface area contributed by atoms with Gasteiger partial charge in [-0.05, 0) is 19.8 Å². The minimum Gasteiger partial charge on any atom is -0.375 e. The lowest BCUT2D eigenvalue weighted by Gasteiger charge is -2.32. The number of rotatable bonds is 3. The fraction of sp³-hybridized carbons (Fsp3) is 0.692. The van der Waals surface area contributed by atoms with Crippen molar-refractivity contribution in [2.45, 2.75) is 31.8 Å². The fourth-order valence-corrected chi connectivity index (χ4v) is 2.29. The lowest BCUT2D eigenvalue weighted by Crippen LogP contribution is -2.41. The second kappa shape index (κ2) is 4.72. The highest BCUT2D eigenvalue weighted by Gasteiger charge is 2.28. The molecule has 5 nitrogen and oxygen atoms in total. The maximum absolute atomic E-state index is 5.58. The van der Waals surface area contributed by atoms with Crippen LogP contribution in [0.3, 0.4) is 0 Å². The summed E-state index contributed by atoms with van der Waals surface area (Å²) in [6.45, 7) is 4.70. The van der Waals surface area contributed by atoms with E-state index in [9.17, 15) is 0 Å². The second-order valence-electron chi connectivity index (χ2n) is 5.12. The maximum Gasteiger partial charge on any atom is 0.136 e.